The highest BCUT2D eigenvalue weighted by atomic mass is 16.5. The Morgan fingerprint density at radius 3 is 2.61 bits per heavy atom. The number of rotatable bonds is 2. The maximum Gasteiger partial charge on any atom is 0.258 e. The Kier molecular flexibility index (Phi) is 3.69. The van der Waals surface area contributed by atoms with Crippen LogP contribution in [0.1, 0.15) is 28.4 Å². The van der Waals surface area contributed by atoms with Crippen molar-refractivity contribution in [3.8, 4) is 17.4 Å². The lowest BCUT2D eigenvalue weighted by Crippen LogP contribution is -2.24. The zero-order valence-corrected chi connectivity index (χ0v) is 15.5. The molecule has 0 aliphatic carbocycles. The number of aromatic nitrogens is 2. The standard InChI is InChI=1S/C23H18N2O3/c1-13-24-22(26)20-19(15-7-10-16(27-2)11-8-15)18-12-9-14-5-3-4-6-17(14)21(18)28-23(20)25-13/h3-12,19H,1-2H3,(H,24,25,26). The number of nitrogens with zero attached hydrogens (tertiary/aromatic N) is 1. The normalized spacial score (nSPS) is 14.9. The monoisotopic (exact) mass is 370 g/mol. The molecule has 1 aliphatic rings. The lowest BCUT2D eigenvalue weighted by atomic mass is 9.83. The first-order chi connectivity index (χ1) is 13.7. The fraction of sp³-hybridized carbons (Fsp3) is 0.130. The molecule has 138 valence electrons. The number of H-pyrrole nitrogens is 1. The summed E-state index contributed by atoms with van der Waals surface area (Å²) in [7, 11) is 1.64. The number of benzene rings is 3. The lowest BCUT2D eigenvalue weighted by Gasteiger charge is -2.28. The van der Waals surface area contributed by atoms with E-state index in [0.29, 0.717) is 17.3 Å². The third-order valence-corrected chi connectivity index (χ3v) is 5.20. The molecular formula is C23H18N2O3. The number of methoxy groups -OCH3 is 1. The van der Waals surface area contributed by atoms with Gasteiger partial charge in [-0.05, 0) is 30.0 Å². The maximum absolute atomic E-state index is 12.9. The molecule has 2 heterocycles. The van der Waals surface area contributed by atoms with E-state index in [9.17, 15) is 4.79 Å². The van der Waals surface area contributed by atoms with Gasteiger partial charge in [0.25, 0.3) is 5.56 Å². The van der Waals surface area contributed by atoms with E-state index in [1.807, 2.05) is 54.6 Å². The summed E-state index contributed by atoms with van der Waals surface area (Å²) in [4.78, 5) is 20.2. The van der Waals surface area contributed by atoms with Crippen LogP contribution < -0.4 is 15.0 Å². The first-order valence-corrected chi connectivity index (χ1v) is 9.10. The highest BCUT2D eigenvalue weighted by Crippen LogP contribution is 2.47. The van der Waals surface area contributed by atoms with Crippen LogP contribution in [0, 0.1) is 6.92 Å². The predicted octanol–water partition coefficient (Wildman–Crippen LogP) is 4.53. The summed E-state index contributed by atoms with van der Waals surface area (Å²) in [5, 5.41) is 2.09. The summed E-state index contributed by atoms with van der Waals surface area (Å²) in [6.45, 7) is 1.76. The minimum atomic E-state index is -0.272. The second-order valence-electron chi connectivity index (χ2n) is 6.88. The van der Waals surface area contributed by atoms with E-state index in [4.69, 9.17) is 9.47 Å². The van der Waals surface area contributed by atoms with Crippen molar-refractivity contribution in [2.45, 2.75) is 12.8 Å². The molecule has 4 aromatic rings. The SMILES string of the molecule is COc1ccc(C2c3ccc4ccccc4c3Oc3nc(C)[nH]c(=O)c32)cc1. The van der Waals surface area contributed by atoms with Gasteiger partial charge in [-0.2, -0.15) is 4.98 Å². The molecule has 28 heavy (non-hydrogen) atoms. The number of fused-ring (bicyclic) bond motifs is 4. The van der Waals surface area contributed by atoms with Crippen LogP contribution in [0.25, 0.3) is 10.8 Å². The van der Waals surface area contributed by atoms with Gasteiger partial charge in [0.15, 0.2) is 0 Å². The van der Waals surface area contributed by atoms with Crippen LogP contribution in [-0.4, -0.2) is 17.1 Å². The van der Waals surface area contributed by atoms with Crippen molar-refractivity contribution in [3.05, 3.63) is 93.5 Å². The molecule has 0 spiro atoms. The fourth-order valence-corrected chi connectivity index (χ4v) is 3.90. The van der Waals surface area contributed by atoms with Gasteiger partial charge in [0.1, 0.15) is 17.3 Å². The Hall–Kier alpha value is -3.60. The Balaban J connectivity index is 1.82. The number of aromatic amines is 1. The van der Waals surface area contributed by atoms with E-state index in [1.54, 1.807) is 14.0 Å². The average Bonchev–Trinajstić information content (AvgIpc) is 2.72. The van der Waals surface area contributed by atoms with E-state index in [-0.39, 0.29) is 11.5 Å². The molecule has 0 amide bonds. The topological polar surface area (TPSA) is 64.2 Å². The highest BCUT2D eigenvalue weighted by molar-refractivity contribution is 5.91. The molecule has 1 aromatic heterocycles. The van der Waals surface area contributed by atoms with Crippen LogP contribution in [-0.2, 0) is 0 Å². The van der Waals surface area contributed by atoms with Gasteiger partial charge >= 0.3 is 0 Å². The molecule has 3 aromatic carbocycles. The van der Waals surface area contributed by atoms with Crippen molar-refractivity contribution in [1.29, 1.82) is 0 Å². The zero-order valence-electron chi connectivity index (χ0n) is 15.5. The van der Waals surface area contributed by atoms with Crippen LogP contribution in [0.5, 0.6) is 17.4 Å². The van der Waals surface area contributed by atoms with Crippen LogP contribution in [0.4, 0.5) is 0 Å². The van der Waals surface area contributed by atoms with Gasteiger partial charge in [-0.15, -0.1) is 0 Å². The predicted molar refractivity (Wildman–Crippen MR) is 108 cm³/mol. The number of hydrogen-bond donors (Lipinski definition) is 1. The second-order valence-corrected chi connectivity index (χ2v) is 6.88. The van der Waals surface area contributed by atoms with Gasteiger partial charge in [-0.25, -0.2) is 0 Å². The fourth-order valence-electron chi connectivity index (χ4n) is 3.90. The zero-order chi connectivity index (χ0) is 19.3. The van der Waals surface area contributed by atoms with Gasteiger partial charge in [0.2, 0.25) is 5.88 Å². The van der Waals surface area contributed by atoms with Crippen molar-refractivity contribution >= 4 is 10.8 Å². The number of nitrogens with one attached hydrogen (secondary N) is 1. The molecule has 1 aliphatic heterocycles. The van der Waals surface area contributed by atoms with Gasteiger partial charge in [-0.3, -0.25) is 4.79 Å². The molecular weight excluding hydrogens is 352 g/mol. The van der Waals surface area contributed by atoms with Crippen molar-refractivity contribution < 1.29 is 9.47 Å². The third kappa shape index (κ3) is 2.47. The number of hydrogen-bond acceptors (Lipinski definition) is 4. The van der Waals surface area contributed by atoms with E-state index in [0.717, 1.165) is 33.4 Å². The minimum Gasteiger partial charge on any atom is -0.497 e. The first-order valence-electron chi connectivity index (χ1n) is 9.10. The van der Waals surface area contributed by atoms with Crippen molar-refractivity contribution in [1.82, 2.24) is 9.97 Å². The van der Waals surface area contributed by atoms with Gasteiger partial charge in [-0.1, -0.05) is 48.5 Å². The summed E-state index contributed by atoms with van der Waals surface area (Å²) in [5.74, 6) is 2.15. The molecule has 1 atom stereocenters. The largest absolute Gasteiger partial charge is 0.497 e. The molecule has 1 unspecified atom stereocenters. The molecule has 5 rings (SSSR count). The van der Waals surface area contributed by atoms with E-state index in [2.05, 4.69) is 16.0 Å². The third-order valence-electron chi connectivity index (χ3n) is 5.20. The molecule has 1 N–H and O–H groups in total. The van der Waals surface area contributed by atoms with Gasteiger partial charge in [0, 0.05) is 16.9 Å². The summed E-state index contributed by atoms with van der Waals surface area (Å²) in [6, 6.07) is 19.9. The molecule has 0 bridgehead atoms. The van der Waals surface area contributed by atoms with E-state index in [1.165, 1.54) is 0 Å². The van der Waals surface area contributed by atoms with Gasteiger partial charge in [0.05, 0.1) is 12.7 Å². The van der Waals surface area contributed by atoms with Crippen molar-refractivity contribution in [3.63, 3.8) is 0 Å². The van der Waals surface area contributed by atoms with Gasteiger partial charge < -0.3 is 14.5 Å². The van der Waals surface area contributed by atoms with Crippen LogP contribution in [0.3, 0.4) is 0 Å². The molecule has 5 heteroatoms. The molecule has 0 saturated carbocycles. The molecule has 0 fully saturated rings. The maximum atomic E-state index is 12.9. The summed E-state index contributed by atoms with van der Waals surface area (Å²) < 4.78 is 11.5. The Bertz CT molecular complexity index is 1260. The number of aryl methyl sites for hydroxylation is 1. The Morgan fingerprint density at radius 2 is 1.82 bits per heavy atom. The minimum absolute atomic E-state index is 0.179. The van der Waals surface area contributed by atoms with Crippen molar-refractivity contribution in [2.24, 2.45) is 0 Å². The average molecular weight is 370 g/mol. The lowest BCUT2D eigenvalue weighted by molar-refractivity contribution is 0.414. The Labute approximate surface area is 161 Å². The van der Waals surface area contributed by atoms with Crippen LogP contribution >= 0.6 is 0 Å². The van der Waals surface area contributed by atoms with Crippen LogP contribution in [0.15, 0.2) is 65.5 Å². The van der Waals surface area contributed by atoms with Crippen molar-refractivity contribution in [2.75, 3.05) is 7.11 Å². The quantitative estimate of drug-likeness (QED) is 0.496. The smallest absolute Gasteiger partial charge is 0.258 e. The Morgan fingerprint density at radius 1 is 1.04 bits per heavy atom. The summed E-state index contributed by atoms with van der Waals surface area (Å²) in [5.41, 5.74) is 2.28. The van der Waals surface area contributed by atoms with E-state index < -0.39 is 0 Å². The molecule has 5 nitrogen and oxygen atoms in total. The van der Waals surface area contributed by atoms with Crippen LogP contribution in [0.2, 0.25) is 0 Å². The number of ether oxygens (including phenoxy) is 2. The van der Waals surface area contributed by atoms with E-state index >= 15 is 0 Å². The second kappa shape index (κ2) is 6.23. The highest BCUT2D eigenvalue weighted by Gasteiger charge is 2.33. The summed E-state index contributed by atoms with van der Waals surface area (Å²) in [6.07, 6.45) is 0. The first kappa shape index (κ1) is 16.6. The summed E-state index contributed by atoms with van der Waals surface area (Å²) >= 11 is 0. The molecule has 0 radical (unpaired) electrons. The molecule has 0 saturated heterocycles.